The first-order valence-electron chi connectivity index (χ1n) is 17.1. The van der Waals surface area contributed by atoms with Gasteiger partial charge in [0.05, 0.1) is 5.76 Å². The Kier molecular flexibility index (Phi) is 12.0. The number of aryl methyl sites for hydroxylation is 2. The number of aliphatic hydroxyl groups is 1. The van der Waals surface area contributed by atoms with Crippen molar-refractivity contribution in [1.82, 2.24) is 4.98 Å². The van der Waals surface area contributed by atoms with Gasteiger partial charge in [-0.3, -0.25) is 4.79 Å². The van der Waals surface area contributed by atoms with E-state index in [1.54, 1.807) is 5.56 Å². The molecule has 7 rings (SSSR count). The molecule has 0 spiro atoms. The van der Waals surface area contributed by atoms with Gasteiger partial charge in [0.2, 0.25) is 0 Å². The molecule has 3 aromatic rings. The number of rotatable bonds is 9. The predicted molar refractivity (Wildman–Crippen MR) is 179 cm³/mol. The standard InChI is InChI=1S/C27H28N.C13H24O2.Ir/c1-16-8-17(2)10-22(9-16)27-25-5-3-4-24(23(25)6-7-28-27)26-20-12-18-11-19(14-20)15-21(26)13-18;1-5-10(6-2)12(14)9-13(15)11(7-3)8-4;/h3-9,18-21,26H,11-15H2,1-2H3;9-11,14H,5-8H2,1-4H3;/q-1;;/b;12-9-;. The molecule has 0 atom stereocenters. The fourth-order valence-corrected chi connectivity index (χ4v) is 8.97. The van der Waals surface area contributed by atoms with Crippen LogP contribution in [-0.4, -0.2) is 15.9 Å². The Labute approximate surface area is 279 Å². The van der Waals surface area contributed by atoms with Crippen molar-refractivity contribution in [1.29, 1.82) is 0 Å². The summed E-state index contributed by atoms with van der Waals surface area (Å²) in [5.74, 6) is 5.17. The van der Waals surface area contributed by atoms with Gasteiger partial charge in [-0.1, -0.05) is 59.7 Å². The first-order chi connectivity index (χ1) is 20.8. The minimum Gasteiger partial charge on any atom is -0.512 e. The average molecular weight is 771 g/mol. The molecule has 2 aromatic carbocycles. The van der Waals surface area contributed by atoms with Crippen LogP contribution in [0.5, 0.6) is 0 Å². The summed E-state index contributed by atoms with van der Waals surface area (Å²) in [5, 5.41) is 12.5. The third-order valence-corrected chi connectivity index (χ3v) is 10.9. The maximum absolute atomic E-state index is 11.7. The molecule has 1 heterocycles. The number of fused-ring (bicyclic) bond motifs is 1. The molecule has 0 saturated heterocycles. The molecular weight excluding hydrogens is 719 g/mol. The minimum atomic E-state index is 0. The fraction of sp³-hybridized carbons (Fsp3) is 0.550. The van der Waals surface area contributed by atoms with Crippen LogP contribution < -0.4 is 0 Å². The quantitative estimate of drug-likeness (QED) is 0.134. The average Bonchev–Trinajstić information content (AvgIpc) is 2.97. The number of pyridine rings is 1. The van der Waals surface area contributed by atoms with Gasteiger partial charge in [-0.2, -0.15) is 0 Å². The van der Waals surface area contributed by atoms with E-state index < -0.39 is 0 Å². The Hall–Kier alpha value is -2.29. The molecule has 0 unspecified atom stereocenters. The van der Waals surface area contributed by atoms with Crippen molar-refractivity contribution in [2.24, 2.45) is 35.5 Å². The molecule has 44 heavy (non-hydrogen) atoms. The van der Waals surface area contributed by atoms with E-state index in [-0.39, 0.29) is 43.5 Å². The normalized spacial score (nSPS) is 23.9. The number of carbonyl (C=O) groups is 1. The van der Waals surface area contributed by atoms with Crippen LogP contribution in [0, 0.1) is 55.4 Å². The number of aromatic nitrogens is 1. The van der Waals surface area contributed by atoms with Crippen LogP contribution in [0.15, 0.2) is 54.4 Å². The van der Waals surface area contributed by atoms with Gasteiger partial charge in [0.15, 0.2) is 5.78 Å². The van der Waals surface area contributed by atoms with E-state index in [0.717, 1.165) is 66.5 Å². The van der Waals surface area contributed by atoms with Crippen molar-refractivity contribution in [3.8, 4) is 11.3 Å². The first-order valence-corrected chi connectivity index (χ1v) is 17.1. The Morgan fingerprint density at radius 2 is 1.50 bits per heavy atom. The van der Waals surface area contributed by atoms with Gasteiger partial charge >= 0.3 is 0 Å². The third-order valence-electron chi connectivity index (χ3n) is 10.9. The molecule has 4 aliphatic rings. The summed E-state index contributed by atoms with van der Waals surface area (Å²) in [6.07, 6.45) is 14.3. The Morgan fingerprint density at radius 1 is 0.886 bits per heavy atom. The summed E-state index contributed by atoms with van der Waals surface area (Å²) < 4.78 is 0. The number of hydrogen-bond acceptors (Lipinski definition) is 3. The summed E-state index contributed by atoms with van der Waals surface area (Å²) in [4.78, 5) is 16.5. The zero-order valence-corrected chi connectivity index (χ0v) is 30.1. The monoisotopic (exact) mass is 771 g/mol. The van der Waals surface area contributed by atoms with Crippen LogP contribution in [0.2, 0.25) is 0 Å². The number of aliphatic hydroxyl groups excluding tert-OH is 1. The molecule has 4 saturated carbocycles. The van der Waals surface area contributed by atoms with Gasteiger partial charge in [-0.15, -0.1) is 34.9 Å². The Morgan fingerprint density at radius 3 is 2.07 bits per heavy atom. The minimum absolute atomic E-state index is 0. The number of carbonyl (C=O) groups excluding carboxylic acids is 1. The molecule has 4 aliphatic carbocycles. The molecule has 1 aromatic heterocycles. The molecular formula is C40H52IrNO2-. The van der Waals surface area contributed by atoms with E-state index in [1.807, 2.05) is 33.9 Å². The first kappa shape index (κ1) is 34.6. The van der Waals surface area contributed by atoms with Gasteiger partial charge in [-0.05, 0) is 115 Å². The van der Waals surface area contributed by atoms with Gasteiger partial charge in [0, 0.05) is 44.2 Å². The summed E-state index contributed by atoms with van der Waals surface area (Å²) in [5.41, 5.74) is 6.29. The molecule has 239 valence electrons. The number of ketones is 1. The summed E-state index contributed by atoms with van der Waals surface area (Å²) in [7, 11) is 0. The number of nitrogens with zero attached hydrogens (tertiary/aromatic N) is 1. The molecule has 1 radical (unpaired) electrons. The van der Waals surface area contributed by atoms with Gasteiger partial charge in [-0.25, -0.2) is 0 Å². The molecule has 0 aliphatic heterocycles. The van der Waals surface area contributed by atoms with Crippen LogP contribution in [0.4, 0.5) is 0 Å². The Bertz CT molecular complexity index is 1400. The number of hydrogen-bond donors (Lipinski definition) is 1. The predicted octanol–water partition coefficient (Wildman–Crippen LogP) is 10.7. The summed E-state index contributed by atoms with van der Waals surface area (Å²) in [6.45, 7) is 12.4. The largest absolute Gasteiger partial charge is 0.512 e. The molecule has 4 heteroatoms. The van der Waals surface area contributed by atoms with Crippen LogP contribution in [0.1, 0.15) is 108 Å². The van der Waals surface area contributed by atoms with E-state index in [1.165, 1.54) is 60.1 Å². The summed E-state index contributed by atoms with van der Waals surface area (Å²) in [6, 6.07) is 17.2. The van der Waals surface area contributed by atoms with E-state index in [0.29, 0.717) is 0 Å². The number of benzene rings is 2. The second-order valence-corrected chi connectivity index (χ2v) is 13.8. The van der Waals surface area contributed by atoms with E-state index in [4.69, 9.17) is 4.98 Å². The van der Waals surface area contributed by atoms with Crippen molar-refractivity contribution >= 4 is 16.6 Å². The maximum atomic E-state index is 11.7. The van der Waals surface area contributed by atoms with Gasteiger partial charge < -0.3 is 10.1 Å². The van der Waals surface area contributed by atoms with Crippen LogP contribution in [0.25, 0.3) is 22.0 Å². The molecule has 0 amide bonds. The second kappa shape index (κ2) is 15.3. The van der Waals surface area contributed by atoms with Crippen molar-refractivity contribution in [3.05, 3.63) is 77.2 Å². The maximum Gasteiger partial charge on any atom is 0.162 e. The topological polar surface area (TPSA) is 50.2 Å². The number of allylic oxidation sites excluding steroid dienone is 2. The van der Waals surface area contributed by atoms with Crippen molar-refractivity contribution in [3.63, 3.8) is 0 Å². The van der Waals surface area contributed by atoms with Crippen LogP contribution in [0.3, 0.4) is 0 Å². The van der Waals surface area contributed by atoms with Crippen LogP contribution >= 0.6 is 0 Å². The zero-order valence-electron chi connectivity index (χ0n) is 27.7. The van der Waals surface area contributed by atoms with Crippen molar-refractivity contribution < 1.29 is 30.0 Å². The van der Waals surface area contributed by atoms with E-state index in [9.17, 15) is 9.90 Å². The Balaban J connectivity index is 0.000000239. The molecule has 1 N–H and O–H groups in total. The summed E-state index contributed by atoms with van der Waals surface area (Å²) >= 11 is 0. The smallest absolute Gasteiger partial charge is 0.162 e. The second-order valence-electron chi connectivity index (χ2n) is 13.8. The van der Waals surface area contributed by atoms with E-state index in [2.05, 4.69) is 56.3 Å². The molecule has 4 bridgehead atoms. The van der Waals surface area contributed by atoms with Gasteiger partial charge in [0.25, 0.3) is 0 Å². The van der Waals surface area contributed by atoms with Crippen LogP contribution in [-0.2, 0) is 24.9 Å². The molecule has 4 fully saturated rings. The zero-order chi connectivity index (χ0) is 30.7. The fourth-order valence-electron chi connectivity index (χ4n) is 8.97. The molecule has 3 nitrogen and oxygen atoms in total. The van der Waals surface area contributed by atoms with Crippen molar-refractivity contribution in [2.75, 3.05) is 0 Å². The van der Waals surface area contributed by atoms with Crippen molar-refractivity contribution in [2.45, 2.75) is 105 Å². The van der Waals surface area contributed by atoms with E-state index >= 15 is 0 Å². The SMILES string of the molecule is CCC(CC)C(=O)/C=C(\O)C(CC)CC.Cc1[c-]c(-c2nccc3c(C4C5CC6CC(C5)CC4C6)cccc23)cc(C)c1.[Ir]. The third kappa shape index (κ3) is 7.39. The van der Waals surface area contributed by atoms with Gasteiger partial charge in [0.1, 0.15) is 0 Å².